The topological polar surface area (TPSA) is 94.2 Å². The highest BCUT2D eigenvalue weighted by Gasteiger charge is 2.37. The quantitative estimate of drug-likeness (QED) is 0.547. The number of nitrogens with one attached hydrogen (secondary N) is 1. The van der Waals surface area contributed by atoms with Gasteiger partial charge in [-0.3, -0.25) is 9.46 Å². The van der Waals surface area contributed by atoms with E-state index in [0.29, 0.717) is 0 Å². The van der Waals surface area contributed by atoms with Crippen LogP contribution in [0.3, 0.4) is 0 Å². The summed E-state index contributed by atoms with van der Waals surface area (Å²) < 4.78 is 71.4. The molecular weight excluding hydrogens is 488 g/mol. The molecule has 1 atom stereocenters. The Morgan fingerprint density at radius 1 is 1.14 bits per heavy atom. The maximum Gasteiger partial charge on any atom is 0.414 e. The molecule has 4 rings (SSSR count). The van der Waals surface area contributed by atoms with Crippen molar-refractivity contribution in [3.05, 3.63) is 59.4 Å². The first-order chi connectivity index (χ1) is 16.7. The van der Waals surface area contributed by atoms with E-state index in [1.165, 1.54) is 31.4 Å². The molecule has 2 aliphatic heterocycles. The van der Waals surface area contributed by atoms with Gasteiger partial charge in [0.05, 0.1) is 25.9 Å². The smallest absolute Gasteiger partial charge is 0.414 e. The largest absolute Gasteiger partial charge is 0.453 e. The summed E-state index contributed by atoms with van der Waals surface area (Å²) in [7, 11) is -1.88. The first-order valence-electron chi connectivity index (χ1n) is 11.0. The molecule has 0 spiro atoms. The standard InChI is InChI=1S/C23H24F3N2O6P/c1-32-22(29)27-12-18-13-28(23(30)33-18)16-10-19(25)21(20(26)11-16)14-6-8-35(31,9-7-14)34-17-4-2-15(24)3-5-17/h2-5,10-11,14,18H,6-9,12-13H2,1H3,(H,27,29)/t14?,18-,35?/m0/s1. The highest BCUT2D eigenvalue weighted by atomic mass is 31.2. The lowest BCUT2D eigenvalue weighted by Gasteiger charge is -2.30. The van der Waals surface area contributed by atoms with Gasteiger partial charge in [-0.2, -0.15) is 0 Å². The minimum atomic E-state index is -3.07. The van der Waals surface area contributed by atoms with E-state index in [9.17, 15) is 18.5 Å². The second-order valence-electron chi connectivity index (χ2n) is 8.39. The molecule has 2 aromatic rings. The predicted molar refractivity (Wildman–Crippen MR) is 121 cm³/mol. The number of carbonyl (C=O) groups excluding carboxylic acids is 2. The molecule has 2 amide bonds. The molecule has 0 bridgehead atoms. The predicted octanol–water partition coefficient (Wildman–Crippen LogP) is 5.02. The highest BCUT2D eigenvalue weighted by Crippen LogP contribution is 2.54. The fourth-order valence-electron chi connectivity index (χ4n) is 4.25. The second-order valence-corrected chi connectivity index (χ2v) is 11.1. The Hall–Kier alpha value is -3.20. The molecule has 2 aliphatic rings. The molecular formula is C23H24F3N2O6P. The van der Waals surface area contributed by atoms with Gasteiger partial charge in [-0.15, -0.1) is 0 Å². The lowest BCUT2D eigenvalue weighted by Crippen LogP contribution is -2.34. The van der Waals surface area contributed by atoms with Crippen molar-refractivity contribution in [2.75, 3.05) is 37.4 Å². The Labute approximate surface area is 199 Å². The van der Waals surface area contributed by atoms with Crippen LogP contribution in [0.15, 0.2) is 36.4 Å². The Balaban J connectivity index is 1.41. The van der Waals surface area contributed by atoms with Crippen molar-refractivity contribution in [1.29, 1.82) is 0 Å². The van der Waals surface area contributed by atoms with Gasteiger partial charge in [0.25, 0.3) is 0 Å². The summed E-state index contributed by atoms with van der Waals surface area (Å²) in [6, 6.07) is 7.32. The van der Waals surface area contributed by atoms with Crippen LogP contribution in [0.5, 0.6) is 5.75 Å². The first-order valence-corrected chi connectivity index (χ1v) is 13.0. The molecule has 12 heteroatoms. The molecule has 1 N–H and O–H groups in total. The number of amides is 2. The first kappa shape index (κ1) is 24.9. The van der Waals surface area contributed by atoms with Crippen molar-refractivity contribution >= 4 is 25.2 Å². The highest BCUT2D eigenvalue weighted by molar-refractivity contribution is 7.59. The number of hydrogen-bond acceptors (Lipinski definition) is 6. The Bertz CT molecular complexity index is 1130. The van der Waals surface area contributed by atoms with Crippen LogP contribution in [-0.4, -0.2) is 50.8 Å². The van der Waals surface area contributed by atoms with Crippen LogP contribution in [0.25, 0.3) is 0 Å². The van der Waals surface area contributed by atoms with Crippen molar-refractivity contribution in [1.82, 2.24) is 5.32 Å². The zero-order valence-corrected chi connectivity index (χ0v) is 19.7. The summed E-state index contributed by atoms with van der Waals surface area (Å²) in [6.45, 7) is -0.0194. The number of benzene rings is 2. The maximum atomic E-state index is 15.0. The number of hydrogen-bond donors (Lipinski definition) is 1. The maximum absolute atomic E-state index is 15.0. The molecule has 2 heterocycles. The SMILES string of the molecule is COC(=O)NC[C@H]1CN(c2cc(F)c(C3CCP(=O)(Oc4ccc(F)cc4)CC3)c(F)c2)C(=O)O1. The minimum absolute atomic E-state index is 0.00422. The van der Waals surface area contributed by atoms with Crippen molar-refractivity contribution in [2.24, 2.45) is 0 Å². The van der Waals surface area contributed by atoms with E-state index in [0.717, 1.165) is 17.0 Å². The fourth-order valence-corrected chi connectivity index (χ4v) is 6.58. The monoisotopic (exact) mass is 512 g/mol. The molecule has 2 saturated heterocycles. The van der Waals surface area contributed by atoms with Crippen molar-refractivity contribution in [3.63, 3.8) is 0 Å². The fraction of sp³-hybridized carbons (Fsp3) is 0.391. The van der Waals surface area contributed by atoms with E-state index in [1.54, 1.807) is 0 Å². The summed E-state index contributed by atoms with van der Waals surface area (Å²) in [6.07, 6.45) is -1.43. The normalized spacial score (nSPS) is 24.1. The number of methoxy groups -OCH3 is 1. The van der Waals surface area contributed by atoms with Crippen LogP contribution in [0, 0.1) is 17.5 Å². The molecule has 188 valence electrons. The van der Waals surface area contributed by atoms with Gasteiger partial charge in [-0.25, -0.2) is 22.8 Å². The Morgan fingerprint density at radius 3 is 2.37 bits per heavy atom. The summed E-state index contributed by atoms with van der Waals surface area (Å²) in [5.74, 6) is -2.29. The number of anilines is 1. The van der Waals surface area contributed by atoms with Crippen LogP contribution in [0.2, 0.25) is 0 Å². The van der Waals surface area contributed by atoms with Gasteiger partial charge in [-0.1, -0.05) is 0 Å². The molecule has 0 unspecified atom stereocenters. The molecule has 35 heavy (non-hydrogen) atoms. The van der Waals surface area contributed by atoms with E-state index in [2.05, 4.69) is 10.1 Å². The average Bonchev–Trinajstić information content (AvgIpc) is 3.20. The third kappa shape index (κ3) is 5.73. The van der Waals surface area contributed by atoms with Gasteiger partial charge in [0, 0.05) is 17.9 Å². The Morgan fingerprint density at radius 2 is 1.77 bits per heavy atom. The molecule has 2 fully saturated rings. The lowest BCUT2D eigenvalue weighted by atomic mass is 9.92. The molecule has 0 aliphatic carbocycles. The van der Waals surface area contributed by atoms with Crippen LogP contribution in [-0.2, 0) is 14.0 Å². The van der Waals surface area contributed by atoms with Crippen LogP contribution < -0.4 is 14.7 Å². The number of cyclic esters (lactones) is 1. The number of carbonyl (C=O) groups is 2. The molecule has 0 radical (unpaired) electrons. The molecule has 0 saturated carbocycles. The van der Waals surface area contributed by atoms with Crippen LogP contribution in [0.4, 0.5) is 28.4 Å². The van der Waals surface area contributed by atoms with Gasteiger partial charge < -0.3 is 19.3 Å². The average molecular weight is 512 g/mol. The van der Waals surface area contributed by atoms with E-state index in [1.807, 2.05) is 0 Å². The summed E-state index contributed by atoms with van der Waals surface area (Å²) >= 11 is 0. The third-order valence-electron chi connectivity index (χ3n) is 6.04. The van der Waals surface area contributed by atoms with Gasteiger partial charge in [0.2, 0.25) is 7.37 Å². The van der Waals surface area contributed by atoms with E-state index in [4.69, 9.17) is 9.26 Å². The van der Waals surface area contributed by atoms with Gasteiger partial charge >= 0.3 is 12.2 Å². The number of ether oxygens (including phenoxy) is 2. The number of rotatable bonds is 6. The zero-order valence-electron chi connectivity index (χ0n) is 18.8. The molecule has 0 aromatic heterocycles. The second kappa shape index (κ2) is 10.2. The van der Waals surface area contributed by atoms with E-state index >= 15 is 8.78 Å². The van der Waals surface area contributed by atoms with Crippen LogP contribution >= 0.6 is 7.37 Å². The lowest BCUT2D eigenvalue weighted by molar-refractivity contribution is 0.132. The van der Waals surface area contributed by atoms with Gasteiger partial charge in [0.15, 0.2) is 0 Å². The van der Waals surface area contributed by atoms with E-state index in [-0.39, 0.29) is 55.3 Å². The number of halogens is 3. The van der Waals surface area contributed by atoms with Crippen molar-refractivity contribution in [3.8, 4) is 5.75 Å². The zero-order chi connectivity index (χ0) is 25.2. The molecule has 2 aromatic carbocycles. The van der Waals surface area contributed by atoms with Gasteiger partial charge in [0.1, 0.15) is 29.3 Å². The summed E-state index contributed by atoms with van der Waals surface area (Å²) in [4.78, 5) is 24.5. The molecule has 8 nitrogen and oxygen atoms in total. The summed E-state index contributed by atoms with van der Waals surface area (Å²) in [5.41, 5.74) is -0.131. The van der Waals surface area contributed by atoms with Crippen LogP contribution in [0.1, 0.15) is 24.3 Å². The minimum Gasteiger partial charge on any atom is -0.453 e. The third-order valence-corrected chi connectivity index (χ3v) is 8.46. The van der Waals surface area contributed by atoms with E-state index < -0.39 is 49.0 Å². The number of alkyl carbamates (subject to hydrolysis) is 1. The number of nitrogens with zero attached hydrogens (tertiary/aromatic N) is 1. The van der Waals surface area contributed by atoms with Gasteiger partial charge in [-0.05, 0) is 55.2 Å². The van der Waals surface area contributed by atoms with Crippen molar-refractivity contribution < 1.29 is 41.3 Å². The Kier molecular flexibility index (Phi) is 7.25. The summed E-state index contributed by atoms with van der Waals surface area (Å²) in [5, 5.41) is 2.40. The van der Waals surface area contributed by atoms with Crippen molar-refractivity contribution in [2.45, 2.75) is 24.9 Å².